The van der Waals surface area contributed by atoms with Gasteiger partial charge in [0.25, 0.3) is 5.91 Å². The Labute approximate surface area is 194 Å². The molecule has 0 saturated carbocycles. The Bertz CT molecular complexity index is 1210. The molecular formula is C20H25N3O8S2. The molecule has 2 amide bonds. The molecule has 0 aliphatic carbocycles. The number of esters is 1. The van der Waals surface area contributed by atoms with Crippen molar-refractivity contribution < 1.29 is 37.0 Å². The summed E-state index contributed by atoms with van der Waals surface area (Å²) < 4.78 is 42.4. The summed E-state index contributed by atoms with van der Waals surface area (Å²) in [7, 11) is -2.79. The Morgan fingerprint density at radius 1 is 1.18 bits per heavy atom. The predicted molar refractivity (Wildman–Crippen MR) is 120 cm³/mol. The van der Waals surface area contributed by atoms with Crippen LogP contribution < -0.4 is 9.54 Å². The number of hydrogen-bond acceptors (Lipinski definition) is 9. The van der Waals surface area contributed by atoms with E-state index >= 15 is 0 Å². The smallest absolute Gasteiger partial charge is 0.325 e. The first-order chi connectivity index (χ1) is 15.7. The van der Waals surface area contributed by atoms with E-state index in [9.17, 15) is 22.8 Å². The first-order valence-corrected chi connectivity index (χ1v) is 12.8. The van der Waals surface area contributed by atoms with Gasteiger partial charge in [0.15, 0.2) is 14.6 Å². The zero-order valence-corrected chi connectivity index (χ0v) is 19.9. The third kappa shape index (κ3) is 6.62. The Balaban J connectivity index is 1.85. The molecule has 1 aliphatic heterocycles. The Morgan fingerprint density at radius 3 is 2.58 bits per heavy atom. The predicted octanol–water partition coefficient (Wildman–Crippen LogP) is -0.0246. The lowest BCUT2D eigenvalue weighted by atomic mass is 10.3. The van der Waals surface area contributed by atoms with Crippen molar-refractivity contribution in [3.05, 3.63) is 23.0 Å². The van der Waals surface area contributed by atoms with E-state index in [2.05, 4.69) is 4.99 Å². The van der Waals surface area contributed by atoms with Crippen molar-refractivity contribution in [2.75, 3.05) is 51.5 Å². The zero-order chi connectivity index (χ0) is 24.0. The summed E-state index contributed by atoms with van der Waals surface area (Å²) in [6.45, 7) is 3.42. The maximum absolute atomic E-state index is 12.5. The summed E-state index contributed by atoms with van der Waals surface area (Å²) in [6.07, 6.45) is 0. The van der Waals surface area contributed by atoms with Crippen molar-refractivity contribution >= 4 is 49.2 Å². The van der Waals surface area contributed by atoms with Crippen LogP contribution in [0.4, 0.5) is 0 Å². The van der Waals surface area contributed by atoms with Crippen molar-refractivity contribution in [1.82, 2.24) is 9.47 Å². The van der Waals surface area contributed by atoms with Crippen molar-refractivity contribution in [3.63, 3.8) is 0 Å². The van der Waals surface area contributed by atoms with Crippen molar-refractivity contribution in [2.24, 2.45) is 4.99 Å². The van der Waals surface area contributed by atoms with Crippen LogP contribution in [0.5, 0.6) is 5.75 Å². The first kappa shape index (κ1) is 24.9. The Morgan fingerprint density at radius 2 is 1.91 bits per heavy atom. The summed E-state index contributed by atoms with van der Waals surface area (Å²) in [5.74, 6) is -3.14. The summed E-state index contributed by atoms with van der Waals surface area (Å²) in [5, 5.41) is 0. The maximum atomic E-state index is 12.5. The Kier molecular flexibility index (Phi) is 8.21. The molecule has 33 heavy (non-hydrogen) atoms. The monoisotopic (exact) mass is 499 g/mol. The molecule has 3 rings (SSSR count). The molecule has 0 atom stereocenters. The highest BCUT2D eigenvalue weighted by molar-refractivity contribution is 7.92. The number of hydrogen-bond donors (Lipinski definition) is 0. The van der Waals surface area contributed by atoms with Crippen LogP contribution in [-0.2, 0) is 40.2 Å². The highest BCUT2D eigenvalue weighted by Crippen LogP contribution is 2.23. The molecule has 0 unspecified atom stereocenters. The summed E-state index contributed by atoms with van der Waals surface area (Å²) in [4.78, 5) is 42.1. The van der Waals surface area contributed by atoms with E-state index in [-0.39, 0.29) is 11.3 Å². The van der Waals surface area contributed by atoms with E-state index in [4.69, 9.17) is 14.2 Å². The van der Waals surface area contributed by atoms with E-state index < -0.39 is 39.1 Å². The molecule has 1 aliphatic rings. The number of thiazole rings is 1. The number of carbonyl (C=O) groups is 3. The van der Waals surface area contributed by atoms with Gasteiger partial charge in [0.1, 0.15) is 23.8 Å². The fraction of sp³-hybridized carbons (Fsp3) is 0.500. The zero-order valence-electron chi connectivity index (χ0n) is 18.3. The second kappa shape index (κ2) is 10.9. The molecule has 1 aromatic carbocycles. The minimum Gasteiger partial charge on any atom is -0.494 e. The number of ether oxygens (including phenoxy) is 3. The molecule has 180 valence electrons. The normalized spacial score (nSPS) is 15.0. The van der Waals surface area contributed by atoms with Crippen molar-refractivity contribution in [1.29, 1.82) is 0 Å². The van der Waals surface area contributed by atoms with Crippen molar-refractivity contribution in [3.8, 4) is 5.75 Å². The average Bonchev–Trinajstić information content (AvgIpc) is 3.09. The molecule has 0 bridgehead atoms. The average molecular weight is 500 g/mol. The van der Waals surface area contributed by atoms with Crippen molar-refractivity contribution in [2.45, 2.75) is 13.5 Å². The number of sulfone groups is 1. The molecule has 1 fully saturated rings. The lowest BCUT2D eigenvalue weighted by Crippen LogP contribution is -2.43. The number of benzene rings is 1. The van der Waals surface area contributed by atoms with Crippen LogP contribution in [0, 0.1) is 0 Å². The number of carbonyl (C=O) groups excluding carboxylic acids is 3. The molecule has 2 aromatic rings. The summed E-state index contributed by atoms with van der Waals surface area (Å²) >= 11 is 1.11. The van der Waals surface area contributed by atoms with Crippen LogP contribution in [-0.4, -0.2) is 87.2 Å². The number of amides is 2. The largest absolute Gasteiger partial charge is 0.494 e. The second-order valence-corrected chi connectivity index (χ2v) is 10.2. The van der Waals surface area contributed by atoms with E-state index in [1.807, 2.05) is 6.92 Å². The molecule has 13 heteroatoms. The van der Waals surface area contributed by atoms with Gasteiger partial charge < -0.3 is 23.7 Å². The summed E-state index contributed by atoms with van der Waals surface area (Å²) in [6, 6.07) is 5.19. The molecule has 11 nitrogen and oxygen atoms in total. The Hall–Kier alpha value is -2.77. The summed E-state index contributed by atoms with van der Waals surface area (Å²) in [5.41, 5.74) is 0.616. The van der Waals surface area contributed by atoms with Gasteiger partial charge in [0, 0.05) is 13.1 Å². The van der Waals surface area contributed by atoms with Crippen LogP contribution in [0.3, 0.4) is 0 Å². The van der Waals surface area contributed by atoms with Crippen LogP contribution in [0.15, 0.2) is 23.2 Å². The molecule has 1 aromatic heterocycles. The standard InChI is InChI=1S/C20H25N3O8S2/c1-3-31-14-4-5-15-16(10-14)32-20(23(15)11-19(26)29-2)21-17(24)12-33(27,28)13-18(25)22-6-8-30-9-7-22/h4-5,10H,3,6-9,11-13H2,1-2H3. The first-order valence-electron chi connectivity index (χ1n) is 10.2. The molecule has 0 radical (unpaired) electrons. The van der Waals surface area contributed by atoms with Gasteiger partial charge in [-0.3, -0.25) is 14.4 Å². The third-order valence-electron chi connectivity index (χ3n) is 4.75. The van der Waals surface area contributed by atoms with E-state index in [1.165, 1.54) is 16.6 Å². The van der Waals surface area contributed by atoms with Gasteiger partial charge in [-0.15, -0.1) is 0 Å². The van der Waals surface area contributed by atoms with Gasteiger partial charge in [0.05, 0.1) is 37.1 Å². The van der Waals surface area contributed by atoms with Gasteiger partial charge in [-0.25, -0.2) is 8.42 Å². The fourth-order valence-corrected chi connectivity index (χ4v) is 5.39. The lowest BCUT2D eigenvalue weighted by molar-refractivity contribution is -0.141. The van der Waals surface area contributed by atoms with Crippen LogP contribution in [0.2, 0.25) is 0 Å². The number of rotatable bonds is 8. The molecule has 0 spiro atoms. The van der Waals surface area contributed by atoms with Gasteiger partial charge in [0.2, 0.25) is 5.91 Å². The van der Waals surface area contributed by atoms with Crippen LogP contribution in [0.25, 0.3) is 10.2 Å². The minimum absolute atomic E-state index is 0.142. The number of morpholine rings is 1. The number of methoxy groups -OCH3 is 1. The van der Waals surface area contributed by atoms with Gasteiger partial charge >= 0.3 is 5.97 Å². The maximum Gasteiger partial charge on any atom is 0.325 e. The van der Waals surface area contributed by atoms with E-state index in [1.54, 1.807) is 18.2 Å². The van der Waals surface area contributed by atoms with Gasteiger partial charge in [-0.05, 0) is 25.1 Å². The highest BCUT2D eigenvalue weighted by Gasteiger charge is 2.25. The molecular weight excluding hydrogens is 474 g/mol. The lowest BCUT2D eigenvalue weighted by Gasteiger charge is -2.26. The van der Waals surface area contributed by atoms with Crippen LogP contribution in [0.1, 0.15) is 6.92 Å². The minimum atomic E-state index is -4.03. The number of nitrogens with zero attached hydrogens (tertiary/aromatic N) is 3. The fourth-order valence-electron chi connectivity index (χ4n) is 3.21. The van der Waals surface area contributed by atoms with Gasteiger partial charge in [-0.2, -0.15) is 4.99 Å². The number of fused-ring (bicyclic) bond motifs is 1. The van der Waals surface area contributed by atoms with E-state index in [0.717, 1.165) is 11.3 Å². The topological polar surface area (TPSA) is 134 Å². The highest BCUT2D eigenvalue weighted by atomic mass is 32.2. The van der Waals surface area contributed by atoms with Crippen LogP contribution >= 0.6 is 11.3 Å². The SMILES string of the molecule is CCOc1ccc2c(c1)sc(=NC(=O)CS(=O)(=O)CC(=O)N1CCOCC1)n2CC(=O)OC. The quantitative estimate of drug-likeness (QED) is 0.463. The molecule has 1 saturated heterocycles. The third-order valence-corrected chi connectivity index (χ3v) is 7.17. The molecule has 2 heterocycles. The number of aromatic nitrogens is 1. The molecule has 0 N–H and O–H groups in total. The van der Waals surface area contributed by atoms with Gasteiger partial charge in [-0.1, -0.05) is 11.3 Å². The van der Waals surface area contributed by atoms with E-state index in [0.29, 0.717) is 48.9 Å². The second-order valence-electron chi connectivity index (χ2n) is 7.14.